The Labute approximate surface area is 187 Å². The Morgan fingerprint density at radius 1 is 1.03 bits per heavy atom. The van der Waals surface area contributed by atoms with Crippen molar-refractivity contribution in [2.45, 2.75) is 32.2 Å². The van der Waals surface area contributed by atoms with Crippen LogP contribution in [-0.4, -0.2) is 53.7 Å². The van der Waals surface area contributed by atoms with Gasteiger partial charge in [0.15, 0.2) is 0 Å². The minimum atomic E-state index is -0.883. The van der Waals surface area contributed by atoms with E-state index in [1.165, 1.54) is 4.90 Å². The van der Waals surface area contributed by atoms with E-state index >= 15 is 0 Å². The number of carboxylic acid groups (broad SMARTS) is 1. The monoisotopic (exact) mass is 436 g/mol. The molecule has 1 fully saturated rings. The standard InChI is InChI=1S/C25H28N2O5/c1-15(2)22(11-23(28)27-12-16(13-27)24(29)30)26-25(31)32-14-21-19-9-5-3-7-17(19)18-8-4-6-10-20(18)21/h3-10,15-16,21-22H,11-14H2,1-2H3,(H,26,31)(H,29,30)/t22-/m0/s1. The number of ether oxygens (including phenoxy) is 1. The smallest absolute Gasteiger partial charge is 0.407 e. The molecule has 1 aliphatic heterocycles. The Balaban J connectivity index is 1.35. The molecule has 4 rings (SSSR count). The normalized spacial score (nSPS) is 16.2. The molecule has 168 valence electrons. The molecule has 1 atom stereocenters. The number of nitrogens with zero attached hydrogens (tertiary/aromatic N) is 1. The topological polar surface area (TPSA) is 95.9 Å². The highest BCUT2D eigenvalue weighted by atomic mass is 16.5. The Hall–Kier alpha value is -3.35. The van der Waals surface area contributed by atoms with Gasteiger partial charge in [0.2, 0.25) is 5.91 Å². The Bertz CT molecular complexity index is 983. The van der Waals surface area contributed by atoms with Crippen LogP contribution in [0.5, 0.6) is 0 Å². The van der Waals surface area contributed by atoms with Crippen molar-refractivity contribution in [1.82, 2.24) is 10.2 Å². The average molecular weight is 437 g/mol. The Morgan fingerprint density at radius 3 is 2.12 bits per heavy atom. The lowest BCUT2D eigenvalue weighted by atomic mass is 9.96. The summed E-state index contributed by atoms with van der Waals surface area (Å²) in [5, 5.41) is 11.8. The number of carbonyl (C=O) groups excluding carboxylic acids is 2. The van der Waals surface area contributed by atoms with Gasteiger partial charge < -0.3 is 20.1 Å². The van der Waals surface area contributed by atoms with Crippen molar-refractivity contribution < 1.29 is 24.2 Å². The molecular weight excluding hydrogens is 408 g/mol. The van der Waals surface area contributed by atoms with Crippen LogP contribution in [0.15, 0.2) is 48.5 Å². The van der Waals surface area contributed by atoms with Crippen LogP contribution < -0.4 is 5.32 Å². The van der Waals surface area contributed by atoms with Gasteiger partial charge in [-0.25, -0.2) is 4.79 Å². The number of aliphatic carboxylic acids is 1. The van der Waals surface area contributed by atoms with E-state index in [0.29, 0.717) is 0 Å². The second kappa shape index (κ2) is 9.02. The average Bonchev–Trinajstić information content (AvgIpc) is 3.04. The zero-order chi connectivity index (χ0) is 22.8. The summed E-state index contributed by atoms with van der Waals surface area (Å²) in [6, 6.07) is 15.9. The second-order valence-corrected chi connectivity index (χ2v) is 8.86. The van der Waals surface area contributed by atoms with Crippen molar-refractivity contribution in [3.8, 4) is 11.1 Å². The highest BCUT2D eigenvalue weighted by Gasteiger charge is 2.37. The molecule has 1 saturated heterocycles. The predicted octanol–water partition coefficient (Wildman–Crippen LogP) is 3.48. The number of rotatable bonds is 7. The van der Waals surface area contributed by atoms with Crippen molar-refractivity contribution in [2.75, 3.05) is 19.7 Å². The summed E-state index contributed by atoms with van der Waals surface area (Å²) in [5.41, 5.74) is 4.61. The molecule has 0 spiro atoms. The van der Waals surface area contributed by atoms with Gasteiger partial charge in [-0.2, -0.15) is 0 Å². The Kier molecular flexibility index (Phi) is 6.17. The van der Waals surface area contributed by atoms with E-state index in [4.69, 9.17) is 9.84 Å². The number of fused-ring (bicyclic) bond motifs is 3. The molecule has 2 N–H and O–H groups in total. The highest BCUT2D eigenvalue weighted by Crippen LogP contribution is 2.44. The Morgan fingerprint density at radius 2 is 1.59 bits per heavy atom. The maximum atomic E-state index is 12.6. The minimum Gasteiger partial charge on any atom is -0.481 e. The number of hydrogen-bond donors (Lipinski definition) is 2. The van der Waals surface area contributed by atoms with Crippen molar-refractivity contribution in [3.05, 3.63) is 59.7 Å². The summed E-state index contributed by atoms with van der Waals surface area (Å²) < 4.78 is 5.60. The number of benzene rings is 2. The van der Waals surface area contributed by atoms with Crippen LogP contribution in [0, 0.1) is 11.8 Å². The van der Waals surface area contributed by atoms with Crippen LogP contribution in [0.3, 0.4) is 0 Å². The van der Waals surface area contributed by atoms with Crippen molar-refractivity contribution >= 4 is 18.0 Å². The summed E-state index contributed by atoms with van der Waals surface area (Å²) >= 11 is 0. The SMILES string of the molecule is CC(C)[C@H](CC(=O)N1CC(C(=O)O)C1)NC(=O)OCC1c2ccccc2-c2ccccc21. The van der Waals surface area contributed by atoms with Gasteiger partial charge in [0.1, 0.15) is 6.61 Å². The van der Waals surface area contributed by atoms with Gasteiger partial charge in [-0.1, -0.05) is 62.4 Å². The first kappa shape index (κ1) is 21.9. The summed E-state index contributed by atoms with van der Waals surface area (Å²) in [6.07, 6.45) is -0.431. The van der Waals surface area contributed by atoms with Crippen molar-refractivity contribution in [2.24, 2.45) is 11.8 Å². The van der Waals surface area contributed by atoms with Crippen LogP contribution in [-0.2, 0) is 14.3 Å². The summed E-state index contributed by atoms with van der Waals surface area (Å²) in [4.78, 5) is 37.5. The third-order valence-corrected chi connectivity index (χ3v) is 6.43. The van der Waals surface area contributed by atoms with E-state index in [2.05, 4.69) is 29.6 Å². The number of alkyl carbamates (subject to hydrolysis) is 1. The molecule has 0 radical (unpaired) electrons. The molecule has 2 amide bonds. The van der Waals surface area contributed by atoms with Gasteiger partial charge in [-0.15, -0.1) is 0 Å². The molecule has 32 heavy (non-hydrogen) atoms. The molecule has 2 aliphatic rings. The van der Waals surface area contributed by atoms with E-state index in [-0.39, 0.29) is 49.9 Å². The zero-order valence-corrected chi connectivity index (χ0v) is 18.3. The maximum Gasteiger partial charge on any atom is 0.407 e. The van der Waals surface area contributed by atoms with Crippen molar-refractivity contribution in [3.63, 3.8) is 0 Å². The summed E-state index contributed by atoms with van der Waals surface area (Å²) in [7, 11) is 0. The number of carbonyl (C=O) groups is 3. The highest BCUT2D eigenvalue weighted by molar-refractivity contribution is 5.82. The van der Waals surface area contributed by atoms with Crippen molar-refractivity contribution in [1.29, 1.82) is 0 Å². The third kappa shape index (κ3) is 4.33. The van der Waals surface area contributed by atoms with Crippen LogP contribution >= 0.6 is 0 Å². The largest absolute Gasteiger partial charge is 0.481 e. The van der Waals surface area contributed by atoms with Crippen LogP contribution in [0.4, 0.5) is 4.79 Å². The molecule has 7 nitrogen and oxygen atoms in total. The van der Waals surface area contributed by atoms with Gasteiger partial charge >= 0.3 is 12.1 Å². The van der Waals surface area contributed by atoms with Crippen LogP contribution in [0.25, 0.3) is 11.1 Å². The van der Waals surface area contributed by atoms with E-state index in [0.717, 1.165) is 22.3 Å². The first-order valence-electron chi connectivity index (χ1n) is 11.0. The summed E-state index contributed by atoms with van der Waals surface area (Å²) in [5.74, 6) is -1.53. The molecule has 1 heterocycles. The molecule has 7 heteroatoms. The van der Waals surface area contributed by atoms with Gasteiger partial charge in [-0.3, -0.25) is 9.59 Å². The fourth-order valence-corrected chi connectivity index (χ4v) is 4.40. The molecule has 0 unspecified atom stereocenters. The maximum absolute atomic E-state index is 12.6. The van der Waals surface area contributed by atoms with Crippen LogP contribution in [0.2, 0.25) is 0 Å². The molecule has 2 aromatic carbocycles. The van der Waals surface area contributed by atoms with Gasteiger partial charge in [-0.05, 0) is 28.2 Å². The number of nitrogens with one attached hydrogen (secondary N) is 1. The lowest BCUT2D eigenvalue weighted by molar-refractivity contribution is -0.153. The third-order valence-electron chi connectivity index (χ3n) is 6.43. The first-order chi connectivity index (χ1) is 15.3. The van der Waals surface area contributed by atoms with E-state index in [1.807, 2.05) is 38.1 Å². The quantitative estimate of drug-likeness (QED) is 0.693. The number of amides is 2. The van der Waals surface area contributed by atoms with E-state index in [9.17, 15) is 14.4 Å². The lowest BCUT2D eigenvalue weighted by Gasteiger charge is -2.37. The molecule has 2 aromatic rings. The fraction of sp³-hybridized carbons (Fsp3) is 0.400. The first-order valence-corrected chi connectivity index (χ1v) is 11.0. The molecule has 1 aliphatic carbocycles. The molecule has 0 bridgehead atoms. The second-order valence-electron chi connectivity index (χ2n) is 8.86. The number of carboxylic acids is 1. The zero-order valence-electron chi connectivity index (χ0n) is 18.3. The number of hydrogen-bond acceptors (Lipinski definition) is 4. The predicted molar refractivity (Wildman–Crippen MR) is 119 cm³/mol. The van der Waals surface area contributed by atoms with Crippen LogP contribution in [0.1, 0.15) is 37.3 Å². The molecule has 0 saturated carbocycles. The lowest BCUT2D eigenvalue weighted by Crippen LogP contribution is -2.54. The number of likely N-dealkylation sites (tertiary alicyclic amines) is 1. The summed E-state index contributed by atoms with van der Waals surface area (Å²) in [6.45, 7) is 4.52. The van der Waals surface area contributed by atoms with Gasteiger partial charge in [0, 0.05) is 31.5 Å². The van der Waals surface area contributed by atoms with E-state index < -0.39 is 18.0 Å². The molecule has 0 aromatic heterocycles. The molecular formula is C25H28N2O5. The van der Waals surface area contributed by atoms with E-state index in [1.54, 1.807) is 0 Å². The van der Waals surface area contributed by atoms with Gasteiger partial charge in [0.25, 0.3) is 0 Å². The minimum absolute atomic E-state index is 0.0241. The van der Waals surface area contributed by atoms with Gasteiger partial charge in [0.05, 0.1) is 5.92 Å². The fourth-order valence-electron chi connectivity index (χ4n) is 4.40.